The highest BCUT2D eigenvalue weighted by Gasteiger charge is 2.33. The van der Waals surface area contributed by atoms with Gasteiger partial charge in [-0.25, -0.2) is 9.78 Å². The van der Waals surface area contributed by atoms with Crippen molar-refractivity contribution in [1.29, 1.82) is 0 Å². The molecule has 0 bridgehead atoms. The lowest BCUT2D eigenvalue weighted by Crippen LogP contribution is -2.46. The lowest BCUT2D eigenvalue weighted by atomic mass is 9.80. The van der Waals surface area contributed by atoms with Crippen molar-refractivity contribution in [3.05, 3.63) is 89.0 Å². The van der Waals surface area contributed by atoms with Gasteiger partial charge in [0.25, 0.3) is 0 Å². The molecule has 0 spiro atoms. The minimum Gasteiger partial charge on any atom is -0.389 e. The van der Waals surface area contributed by atoms with E-state index in [2.05, 4.69) is 27.6 Å². The van der Waals surface area contributed by atoms with Gasteiger partial charge in [0, 0.05) is 49.7 Å². The Bertz CT molecular complexity index is 1740. The Hall–Kier alpha value is -4.08. The number of benzene rings is 1. The summed E-state index contributed by atoms with van der Waals surface area (Å²) in [6, 6.07) is 16.3. The molecule has 39 heavy (non-hydrogen) atoms. The number of rotatable bonds is 8. The maximum atomic E-state index is 13.6. The molecular weight excluding hydrogens is 490 g/mol. The Labute approximate surface area is 225 Å². The molecule has 2 aliphatic rings. The number of aryl methyl sites for hydroxylation is 1. The number of nitrogens with zero attached hydrogens (tertiary/aromatic N) is 6. The molecule has 2 saturated carbocycles. The van der Waals surface area contributed by atoms with Crippen molar-refractivity contribution in [2.75, 3.05) is 6.54 Å². The van der Waals surface area contributed by atoms with Gasteiger partial charge in [-0.3, -0.25) is 8.97 Å². The molecule has 1 aromatic carbocycles. The molecule has 2 fully saturated rings. The van der Waals surface area contributed by atoms with Crippen LogP contribution in [0.3, 0.4) is 0 Å². The lowest BCUT2D eigenvalue weighted by Gasteiger charge is -2.36. The summed E-state index contributed by atoms with van der Waals surface area (Å²) < 4.78 is 5.23. The summed E-state index contributed by atoms with van der Waals surface area (Å²) in [4.78, 5) is 18.6. The van der Waals surface area contributed by atoms with E-state index in [0.717, 1.165) is 71.4 Å². The van der Waals surface area contributed by atoms with Crippen LogP contribution in [0.4, 0.5) is 0 Å². The molecular formula is C30H31N7O2. The largest absolute Gasteiger partial charge is 0.389 e. The second-order valence-corrected chi connectivity index (χ2v) is 11.0. The first-order valence-electron chi connectivity index (χ1n) is 13.6. The van der Waals surface area contributed by atoms with Crippen LogP contribution in [0.1, 0.15) is 49.3 Å². The zero-order valence-electron chi connectivity index (χ0n) is 21.9. The predicted molar refractivity (Wildman–Crippen MR) is 149 cm³/mol. The standard InChI is InChI=1S/C30H31N7O2/c1-35-19-32-34-28(35)25-6-3-2-5-24(25)22-13-26(21-8-9-21)33-27(14-22)37-17-23-10-7-20(16-36(23)29(37)38)15-31-18-30(39)11-4-12-30/h2-3,5-7,10,13-14,16-17,19,21,31,39H,4,8-9,11-12,15,18H2,1H3. The van der Waals surface area contributed by atoms with E-state index in [9.17, 15) is 9.90 Å². The fourth-order valence-corrected chi connectivity index (χ4v) is 5.46. The smallest absolute Gasteiger partial charge is 0.338 e. The van der Waals surface area contributed by atoms with E-state index >= 15 is 0 Å². The molecule has 198 valence electrons. The molecule has 4 aromatic heterocycles. The molecule has 0 unspecified atom stereocenters. The normalized spacial score (nSPS) is 16.5. The third-order valence-corrected chi connectivity index (χ3v) is 8.05. The fourth-order valence-electron chi connectivity index (χ4n) is 5.46. The molecule has 0 saturated heterocycles. The molecule has 2 N–H and O–H groups in total. The zero-order chi connectivity index (χ0) is 26.6. The number of imidazole rings is 1. The van der Waals surface area contributed by atoms with Gasteiger partial charge >= 0.3 is 5.69 Å². The molecule has 9 nitrogen and oxygen atoms in total. The van der Waals surface area contributed by atoms with Crippen LogP contribution in [0.5, 0.6) is 0 Å². The summed E-state index contributed by atoms with van der Waals surface area (Å²) in [5.74, 6) is 1.82. The van der Waals surface area contributed by atoms with Gasteiger partial charge in [0.05, 0.1) is 11.1 Å². The van der Waals surface area contributed by atoms with Crippen LogP contribution in [0, 0.1) is 0 Å². The van der Waals surface area contributed by atoms with E-state index in [4.69, 9.17) is 4.98 Å². The van der Waals surface area contributed by atoms with Crippen molar-refractivity contribution in [3.63, 3.8) is 0 Å². The van der Waals surface area contributed by atoms with Crippen LogP contribution in [-0.2, 0) is 13.6 Å². The lowest BCUT2D eigenvalue weighted by molar-refractivity contribution is -0.0314. The van der Waals surface area contributed by atoms with Gasteiger partial charge in [-0.05, 0) is 67.0 Å². The van der Waals surface area contributed by atoms with Gasteiger partial charge in [0.1, 0.15) is 12.1 Å². The fraction of sp³-hybridized carbons (Fsp3) is 0.333. The third-order valence-electron chi connectivity index (χ3n) is 8.05. The second kappa shape index (κ2) is 9.29. The van der Waals surface area contributed by atoms with Gasteiger partial charge < -0.3 is 15.0 Å². The highest BCUT2D eigenvalue weighted by Crippen LogP contribution is 2.41. The van der Waals surface area contributed by atoms with Crippen molar-refractivity contribution in [2.24, 2.45) is 7.05 Å². The summed E-state index contributed by atoms with van der Waals surface area (Å²) in [7, 11) is 1.94. The molecule has 0 radical (unpaired) electrons. The molecule has 0 amide bonds. The molecule has 0 atom stereocenters. The van der Waals surface area contributed by atoms with E-state index in [1.165, 1.54) is 0 Å². The predicted octanol–water partition coefficient (Wildman–Crippen LogP) is 3.83. The van der Waals surface area contributed by atoms with Crippen LogP contribution in [0.15, 0.2) is 72.0 Å². The first kappa shape index (κ1) is 24.0. The minimum absolute atomic E-state index is 0.155. The van der Waals surface area contributed by atoms with Crippen LogP contribution < -0.4 is 11.0 Å². The molecule has 9 heteroatoms. The highest BCUT2D eigenvalue weighted by molar-refractivity contribution is 5.81. The first-order chi connectivity index (χ1) is 19.0. The number of nitrogens with one attached hydrogen (secondary N) is 1. The van der Waals surface area contributed by atoms with E-state index in [1.54, 1.807) is 15.3 Å². The second-order valence-electron chi connectivity index (χ2n) is 11.0. The molecule has 7 rings (SSSR count). The summed E-state index contributed by atoms with van der Waals surface area (Å²) in [6.45, 7) is 1.16. The van der Waals surface area contributed by atoms with Crippen LogP contribution in [0.25, 0.3) is 33.8 Å². The summed E-state index contributed by atoms with van der Waals surface area (Å²) in [5, 5.41) is 22.1. The maximum Gasteiger partial charge on any atom is 0.338 e. The van der Waals surface area contributed by atoms with Gasteiger partial charge in [0.2, 0.25) is 0 Å². The van der Waals surface area contributed by atoms with Gasteiger partial charge in [-0.15, -0.1) is 10.2 Å². The van der Waals surface area contributed by atoms with E-state index < -0.39 is 5.60 Å². The first-order valence-corrected chi connectivity index (χ1v) is 13.6. The van der Waals surface area contributed by atoms with Crippen LogP contribution in [0.2, 0.25) is 0 Å². The van der Waals surface area contributed by atoms with Crippen molar-refractivity contribution in [2.45, 2.75) is 50.2 Å². The monoisotopic (exact) mass is 521 g/mol. The van der Waals surface area contributed by atoms with Gasteiger partial charge in [0.15, 0.2) is 5.82 Å². The molecule has 4 heterocycles. The third kappa shape index (κ3) is 4.47. The van der Waals surface area contributed by atoms with Gasteiger partial charge in [-0.1, -0.05) is 30.3 Å². The van der Waals surface area contributed by atoms with Crippen molar-refractivity contribution in [1.82, 2.24) is 34.0 Å². The zero-order valence-corrected chi connectivity index (χ0v) is 21.9. The average molecular weight is 522 g/mol. The SMILES string of the molecule is Cn1cnnc1-c1ccccc1-c1cc(C2CC2)nc(-n2cc3ccc(CNCC4(O)CCC4)cn3c2=O)c1. The summed E-state index contributed by atoms with van der Waals surface area (Å²) in [5.41, 5.74) is 5.08. The number of hydrogen-bond acceptors (Lipinski definition) is 6. The van der Waals surface area contributed by atoms with Crippen LogP contribution in [-0.4, -0.2) is 46.0 Å². The number of fused-ring (bicyclic) bond motifs is 1. The number of aliphatic hydroxyl groups is 1. The Kier molecular flexibility index (Phi) is 5.71. The number of aromatic nitrogens is 6. The van der Waals surface area contributed by atoms with E-state index in [0.29, 0.717) is 24.8 Å². The Balaban J connectivity index is 1.27. The van der Waals surface area contributed by atoms with E-state index in [-0.39, 0.29) is 5.69 Å². The molecule has 5 aromatic rings. The maximum absolute atomic E-state index is 13.6. The van der Waals surface area contributed by atoms with E-state index in [1.807, 2.05) is 60.4 Å². The number of pyridine rings is 2. The number of hydrogen-bond donors (Lipinski definition) is 2. The Morgan fingerprint density at radius 3 is 2.62 bits per heavy atom. The Morgan fingerprint density at radius 1 is 1.08 bits per heavy atom. The molecule has 0 aliphatic heterocycles. The minimum atomic E-state index is -0.578. The topological polar surface area (TPSA) is 102 Å². The highest BCUT2D eigenvalue weighted by atomic mass is 16.3. The quantitative estimate of drug-likeness (QED) is 0.322. The van der Waals surface area contributed by atoms with Crippen LogP contribution >= 0.6 is 0 Å². The summed E-state index contributed by atoms with van der Waals surface area (Å²) >= 11 is 0. The van der Waals surface area contributed by atoms with Crippen molar-refractivity contribution in [3.8, 4) is 28.3 Å². The Morgan fingerprint density at radius 2 is 1.90 bits per heavy atom. The molecule has 2 aliphatic carbocycles. The van der Waals surface area contributed by atoms with Crippen molar-refractivity contribution >= 4 is 5.52 Å². The average Bonchev–Trinajstić information content (AvgIpc) is 3.63. The van der Waals surface area contributed by atoms with Crippen molar-refractivity contribution < 1.29 is 5.11 Å². The van der Waals surface area contributed by atoms with Gasteiger partial charge in [-0.2, -0.15) is 0 Å². The summed E-state index contributed by atoms with van der Waals surface area (Å²) in [6.07, 6.45) is 10.4.